The molecule has 0 aromatic heterocycles. The van der Waals surface area contributed by atoms with Crippen LogP contribution in [-0.4, -0.2) is 26.3 Å². The lowest BCUT2D eigenvalue weighted by atomic mass is 10.2. The Labute approximate surface area is 133 Å². The molecule has 0 N–H and O–H groups in total. The summed E-state index contributed by atoms with van der Waals surface area (Å²) in [5.74, 6) is 0.462. The molecular formula is C16H19BrO4. The molecule has 0 saturated carbocycles. The highest BCUT2D eigenvalue weighted by Crippen LogP contribution is 2.20. The predicted molar refractivity (Wildman–Crippen MR) is 86.2 cm³/mol. The van der Waals surface area contributed by atoms with Gasteiger partial charge >= 0.3 is 5.97 Å². The van der Waals surface area contributed by atoms with Crippen LogP contribution in [0.5, 0.6) is 5.75 Å². The van der Waals surface area contributed by atoms with E-state index in [-0.39, 0.29) is 5.76 Å². The summed E-state index contributed by atoms with van der Waals surface area (Å²) in [6.45, 7) is 4.26. The van der Waals surface area contributed by atoms with E-state index in [1.807, 2.05) is 37.3 Å². The summed E-state index contributed by atoms with van der Waals surface area (Å²) < 4.78 is 16.1. The smallest absolute Gasteiger partial charge is 0.373 e. The average molecular weight is 355 g/mol. The summed E-state index contributed by atoms with van der Waals surface area (Å²) in [7, 11) is 1.62. The van der Waals surface area contributed by atoms with Crippen LogP contribution in [0, 0.1) is 0 Å². The van der Waals surface area contributed by atoms with Crippen LogP contribution in [0.2, 0.25) is 0 Å². The zero-order valence-electron chi connectivity index (χ0n) is 12.4. The molecule has 0 spiro atoms. The molecule has 0 radical (unpaired) electrons. The number of hydrogen-bond acceptors (Lipinski definition) is 4. The molecular weight excluding hydrogens is 336 g/mol. The third-order valence-electron chi connectivity index (χ3n) is 2.44. The van der Waals surface area contributed by atoms with E-state index >= 15 is 0 Å². The van der Waals surface area contributed by atoms with Gasteiger partial charge in [-0.25, -0.2) is 4.79 Å². The van der Waals surface area contributed by atoms with Crippen LogP contribution in [-0.2, 0) is 14.3 Å². The fourth-order valence-corrected chi connectivity index (χ4v) is 2.05. The van der Waals surface area contributed by atoms with Crippen LogP contribution < -0.4 is 4.74 Å². The molecule has 1 aromatic carbocycles. The number of benzene rings is 1. The Morgan fingerprint density at radius 2 is 1.95 bits per heavy atom. The highest BCUT2D eigenvalue weighted by atomic mass is 79.9. The van der Waals surface area contributed by atoms with Gasteiger partial charge in [0.1, 0.15) is 5.75 Å². The summed E-state index contributed by atoms with van der Waals surface area (Å²) in [5.41, 5.74) is 0.942. The van der Waals surface area contributed by atoms with Crippen molar-refractivity contribution in [2.24, 2.45) is 0 Å². The lowest BCUT2D eigenvalue weighted by molar-refractivity contribution is -0.142. The van der Waals surface area contributed by atoms with Crippen molar-refractivity contribution in [1.82, 2.24) is 0 Å². The molecule has 1 rings (SSSR count). The number of methoxy groups -OCH3 is 1. The van der Waals surface area contributed by atoms with Crippen molar-refractivity contribution in [3.05, 3.63) is 46.1 Å². The summed E-state index contributed by atoms with van der Waals surface area (Å²) >= 11 is 3.41. The zero-order chi connectivity index (χ0) is 15.7. The minimum Gasteiger partial charge on any atom is -0.497 e. The molecule has 4 nitrogen and oxygen atoms in total. The molecule has 0 bridgehead atoms. The molecule has 5 heteroatoms. The van der Waals surface area contributed by atoms with Gasteiger partial charge in [-0.05, 0) is 37.6 Å². The first-order chi connectivity index (χ1) is 10.1. The van der Waals surface area contributed by atoms with Crippen molar-refractivity contribution < 1.29 is 19.0 Å². The van der Waals surface area contributed by atoms with Gasteiger partial charge in [-0.1, -0.05) is 28.1 Å². The van der Waals surface area contributed by atoms with Crippen molar-refractivity contribution in [1.29, 1.82) is 0 Å². The number of esters is 1. The Morgan fingerprint density at radius 3 is 2.57 bits per heavy atom. The van der Waals surface area contributed by atoms with Gasteiger partial charge in [0.15, 0.2) is 0 Å². The van der Waals surface area contributed by atoms with Crippen molar-refractivity contribution in [2.45, 2.75) is 13.8 Å². The Hall–Kier alpha value is -1.75. The quantitative estimate of drug-likeness (QED) is 0.322. The van der Waals surface area contributed by atoms with Crippen LogP contribution in [0.4, 0.5) is 0 Å². The van der Waals surface area contributed by atoms with Gasteiger partial charge in [-0.3, -0.25) is 0 Å². The van der Waals surface area contributed by atoms with E-state index in [0.717, 1.165) is 11.3 Å². The second-order valence-electron chi connectivity index (χ2n) is 3.97. The minimum absolute atomic E-state index is 0.172. The fraction of sp³-hybridized carbons (Fsp3) is 0.312. The van der Waals surface area contributed by atoms with Gasteiger partial charge in [-0.2, -0.15) is 0 Å². The van der Waals surface area contributed by atoms with E-state index in [1.54, 1.807) is 20.1 Å². The number of allylic oxidation sites excluding steroid dienone is 2. The first-order valence-electron chi connectivity index (χ1n) is 6.63. The molecule has 1 aromatic rings. The number of halogens is 1. The van der Waals surface area contributed by atoms with E-state index in [0.29, 0.717) is 17.7 Å². The summed E-state index contributed by atoms with van der Waals surface area (Å²) in [6, 6.07) is 7.58. The maximum atomic E-state index is 11.7. The second kappa shape index (κ2) is 9.23. The Balaban J connectivity index is 2.96. The van der Waals surface area contributed by atoms with Gasteiger partial charge in [0, 0.05) is 10.6 Å². The molecule has 0 heterocycles. The standard InChI is InChI=1S/C16H19BrO4/c1-4-20-15(16(18)21-5-2)11-13(17)9-12-7-6-8-14(10-12)19-3/h6-11H,4-5H2,1-3H3/b13-9+,15-11-. The summed E-state index contributed by atoms with van der Waals surface area (Å²) in [4.78, 5) is 11.7. The lowest BCUT2D eigenvalue weighted by Gasteiger charge is -2.07. The third-order valence-corrected chi connectivity index (χ3v) is 2.90. The SMILES string of the molecule is CCOC(=O)/C(=C/C(Br)=C\c1cccc(OC)c1)OCC. The van der Waals surface area contributed by atoms with Crippen molar-refractivity contribution in [3.63, 3.8) is 0 Å². The summed E-state index contributed by atoms with van der Waals surface area (Å²) in [6.07, 6.45) is 3.46. The Morgan fingerprint density at radius 1 is 1.24 bits per heavy atom. The molecule has 0 aliphatic carbocycles. The molecule has 0 amide bonds. The number of carbonyl (C=O) groups excluding carboxylic acids is 1. The average Bonchev–Trinajstić information content (AvgIpc) is 2.47. The highest BCUT2D eigenvalue weighted by molar-refractivity contribution is 9.12. The Bertz CT molecular complexity index is 535. The normalized spacial score (nSPS) is 12.0. The second-order valence-corrected chi connectivity index (χ2v) is 4.88. The number of hydrogen-bond donors (Lipinski definition) is 0. The van der Waals surface area contributed by atoms with Crippen molar-refractivity contribution in [3.8, 4) is 5.75 Å². The maximum absolute atomic E-state index is 11.7. The Kier molecular flexibility index (Phi) is 7.61. The maximum Gasteiger partial charge on any atom is 0.373 e. The molecule has 21 heavy (non-hydrogen) atoms. The van der Waals surface area contributed by atoms with Crippen LogP contribution in [0.1, 0.15) is 19.4 Å². The van der Waals surface area contributed by atoms with Crippen LogP contribution in [0.25, 0.3) is 6.08 Å². The first-order valence-corrected chi connectivity index (χ1v) is 7.42. The topological polar surface area (TPSA) is 44.8 Å². The fourth-order valence-electron chi connectivity index (χ4n) is 1.57. The van der Waals surface area contributed by atoms with Crippen LogP contribution >= 0.6 is 15.9 Å². The largest absolute Gasteiger partial charge is 0.497 e. The number of carbonyl (C=O) groups is 1. The van der Waals surface area contributed by atoms with E-state index in [4.69, 9.17) is 14.2 Å². The van der Waals surface area contributed by atoms with Crippen molar-refractivity contribution >= 4 is 28.0 Å². The summed E-state index contributed by atoms with van der Waals surface area (Å²) in [5, 5.41) is 0. The molecule has 0 atom stereocenters. The highest BCUT2D eigenvalue weighted by Gasteiger charge is 2.11. The zero-order valence-corrected chi connectivity index (χ0v) is 14.0. The lowest BCUT2D eigenvalue weighted by Crippen LogP contribution is -2.10. The first kappa shape index (κ1) is 17.3. The molecule has 0 unspecified atom stereocenters. The number of rotatable bonds is 7. The van der Waals surface area contributed by atoms with Gasteiger partial charge in [0.2, 0.25) is 5.76 Å². The van der Waals surface area contributed by atoms with Gasteiger partial charge in [0.25, 0.3) is 0 Å². The van der Waals surface area contributed by atoms with Crippen molar-refractivity contribution in [2.75, 3.05) is 20.3 Å². The van der Waals surface area contributed by atoms with Crippen LogP contribution in [0.15, 0.2) is 40.6 Å². The predicted octanol–water partition coefficient (Wildman–Crippen LogP) is 3.91. The molecule has 0 fully saturated rings. The molecule has 0 aliphatic rings. The van der Waals surface area contributed by atoms with Gasteiger partial charge in [-0.15, -0.1) is 0 Å². The van der Waals surface area contributed by atoms with E-state index in [2.05, 4.69) is 15.9 Å². The van der Waals surface area contributed by atoms with E-state index < -0.39 is 5.97 Å². The minimum atomic E-state index is -0.477. The van der Waals surface area contributed by atoms with Crippen LogP contribution in [0.3, 0.4) is 0 Å². The van der Waals surface area contributed by atoms with E-state index in [1.165, 1.54) is 0 Å². The molecule has 0 aliphatic heterocycles. The number of ether oxygens (including phenoxy) is 3. The molecule has 0 saturated heterocycles. The van der Waals surface area contributed by atoms with Gasteiger partial charge in [0.05, 0.1) is 20.3 Å². The monoisotopic (exact) mass is 354 g/mol. The third kappa shape index (κ3) is 6.04. The molecule has 114 valence electrons. The van der Waals surface area contributed by atoms with Gasteiger partial charge < -0.3 is 14.2 Å². The van der Waals surface area contributed by atoms with E-state index in [9.17, 15) is 4.79 Å².